The number of methoxy groups -OCH3 is 2. The molecule has 5 rings (SSSR count). The highest BCUT2D eigenvalue weighted by Gasteiger charge is 2.21. The van der Waals surface area contributed by atoms with Gasteiger partial charge >= 0.3 is 0 Å². The molecule has 0 radical (unpaired) electrons. The van der Waals surface area contributed by atoms with Crippen molar-refractivity contribution >= 4 is 17.1 Å². The van der Waals surface area contributed by atoms with Crippen molar-refractivity contribution in [1.29, 1.82) is 0 Å². The molecule has 5 aromatic carbocycles. The van der Waals surface area contributed by atoms with Crippen LogP contribution in [0.3, 0.4) is 0 Å². The van der Waals surface area contributed by atoms with Gasteiger partial charge in [-0.05, 0) is 23.3 Å². The Morgan fingerprint density at radius 2 is 0.857 bits per heavy atom. The Morgan fingerprint density at radius 3 is 1.29 bits per heavy atom. The van der Waals surface area contributed by atoms with E-state index in [0.29, 0.717) is 0 Å². The van der Waals surface area contributed by atoms with Crippen molar-refractivity contribution in [3.63, 3.8) is 0 Å². The van der Waals surface area contributed by atoms with Gasteiger partial charge in [0, 0.05) is 29.3 Å². The largest absolute Gasteiger partial charge is 0.497 e. The van der Waals surface area contributed by atoms with Crippen LogP contribution in [0, 0.1) is 0 Å². The van der Waals surface area contributed by atoms with E-state index in [0.717, 1.165) is 50.8 Å². The van der Waals surface area contributed by atoms with Crippen LogP contribution >= 0.6 is 0 Å². The second kappa shape index (κ2) is 10.2. The lowest BCUT2D eigenvalue weighted by Gasteiger charge is -2.30. The quantitative estimate of drug-likeness (QED) is 0.244. The number of anilines is 3. The first kappa shape index (κ1) is 22.3. The van der Waals surface area contributed by atoms with Crippen LogP contribution in [0.2, 0.25) is 0 Å². The highest BCUT2D eigenvalue weighted by Crippen LogP contribution is 2.46. The molecular weight excluding hydrogens is 430 g/mol. The summed E-state index contributed by atoms with van der Waals surface area (Å²) in [5.41, 5.74) is 7.67. The van der Waals surface area contributed by atoms with Crippen molar-refractivity contribution in [2.24, 2.45) is 0 Å². The molecule has 3 nitrogen and oxygen atoms in total. The molecule has 0 saturated carbocycles. The molecule has 35 heavy (non-hydrogen) atoms. The maximum absolute atomic E-state index is 5.64. The summed E-state index contributed by atoms with van der Waals surface area (Å²) < 4.78 is 11.3. The molecule has 5 aromatic rings. The van der Waals surface area contributed by atoms with Gasteiger partial charge in [0.05, 0.1) is 31.3 Å². The molecule has 0 aliphatic heterocycles. The van der Waals surface area contributed by atoms with Crippen LogP contribution in [0.4, 0.5) is 17.1 Å². The summed E-state index contributed by atoms with van der Waals surface area (Å²) in [5, 5.41) is 0. The van der Waals surface area contributed by atoms with E-state index < -0.39 is 0 Å². The molecule has 0 amide bonds. The maximum Gasteiger partial charge on any atom is 0.124 e. The van der Waals surface area contributed by atoms with Crippen molar-refractivity contribution in [2.75, 3.05) is 19.1 Å². The fourth-order valence-electron chi connectivity index (χ4n) is 4.39. The maximum atomic E-state index is 5.64. The molecule has 0 atom stereocenters. The van der Waals surface area contributed by atoms with Gasteiger partial charge in [-0.3, -0.25) is 0 Å². The molecule has 0 spiro atoms. The SMILES string of the molecule is COc1cc(OC)cc(N(c2ccccc2-c2ccccc2)c2ccccc2-c2ccccc2)c1. The number of para-hydroxylation sites is 2. The first-order chi connectivity index (χ1) is 17.3. The van der Waals surface area contributed by atoms with Crippen LogP contribution in [0.15, 0.2) is 127 Å². The van der Waals surface area contributed by atoms with E-state index in [4.69, 9.17) is 9.47 Å². The van der Waals surface area contributed by atoms with Gasteiger partial charge in [0.2, 0.25) is 0 Å². The Morgan fingerprint density at radius 1 is 0.457 bits per heavy atom. The predicted octanol–water partition coefficient (Wildman–Crippen LogP) is 8.51. The number of hydrogen-bond donors (Lipinski definition) is 0. The number of hydrogen-bond acceptors (Lipinski definition) is 3. The third-order valence-electron chi connectivity index (χ3n) is 6.05. The monoisotopic (exact) mass is 457 g/mol. The topological polar surface area (TPSA) is 21.7 Å². The zero-order valence-corrected chi connectivity index (χ0v) is 19.9. The van der Waals surface area contributed by atoms with E-state index in [-0.39, 0.29) is 0 Å². The predicted molar refractivity (Wildman–Crippen MR) is 145 cm³/mol. The van der Waals surface area contributed by atoms with Crippen molar-refractivity contribution in [1.82, 2.24) is 0 Å². The average molecular weight is 458 g/mol. The fraction of sp³-hybridized carbons (Fsp3) is 0.0625. The number of nitrogens with zero attached hydrogens (tertiary/aromatic N) is 1. The average Bonchev–Trinajstić information content (AvgIpc) is 2.94. The summed E-state index contributed by atoms with van der Waals surface area (Å²) in [6.07, 6.45) is 0. The van der Waals surface area contributed by atoms with E-state index in [9.17, 15) is 0 Å². The van der Waals surface area contributed by atoms with Crippen LogP contribution in [0.1, 0.15) is 0 Å². The summed E-state index contributed by atoms with van der Waals surface area (Å²) in [5.74, 6) is 1.47. The minimum Gasteiger partial charge on any atom is -0.497 e. The summed E-state index contributed by atoms with van der Waals surface area (Å²) >= 11 is 0. The molecule has 0 aromatic heterocycles. The Kier molecular flexibility index (Phi) is 6.49. The van der Waals surface area contributed by atoms with E-state index >= 15 is 0 Å². The van der Waals surface area contributed by atoms with Gasteiger partial charge in [0.1, 0.15) is 11.5 Å². The summed E-state index contributed by atoms with van der Waals surface area (Å²) in [7, 11) is 3.36. The lowest BCUT2D eigenvalue weighted by Crippen LogP contribution is -2.12. The lowest BCUT2D eigenvalue weighted by atomic mass is 9.99. The molecule has 0 heterocycles. The van der Waals surface area contributed by atoms with Gasteiger partial charge in [0.25, 0.3) is 0 Å². The Hall–Kier alpha value is -4.50. The van der Waals surface area contributed by atoms with Crippen LogP contribution in [0.5, 0.6) is 11.5 Å². The van der Waals surface area contributed by atoms with E-state index in [1.165, 1.54) is 0 Å². The summed E-state index contributed by atoms with van der Waals surface area (Å²) in [6, 6.07) is 43.9. The first-order valence-corrected chi connectivity index (χ1v) is 11.6. The fourth-order valence-corrected chi connectivity index (χ4v) is 4.39. The molecule has 172 valence electrons. The van der Waals surface area contributed by atoms with Gasteiger partial charge in [-0.1, -0.05) is 97.1 Å². The van der Waals surface area contributed by atoms with Crippen molar-refractivity contribution in [2.45, 2.75) is 0 Å². The molecule has 0 aliphatic carbocycles. The van der Waals surface area contributed by atoms with Crippen LogP contribution in [-0.2, 0) is 0 Å². The van der Waals surface area contributed by atoms with Gasteiger partial charge in [-0.15, -0.1) is 0 Å². The lowest BCUT2D eigenvalue weighted by molar-refractivity contribution is 0.394. The van der Waals surface area contributed by atoms with Gasteiger partial charge in [-0.2, -0.15) is 0 Å². The summed E-state index contributed by atoms with van der Waals surface area (Å²) in [6.45, 7) is 0. The van der Waals surface area contributed by atoms with E-state index in [1.807, 2.05) is 30.3 Å². The van der Waals surface area contributed by atoms with Crippen LogP contribution in [0.25, 0.3) is 22.3 Å². The molecule has 0 saturated heterocycles. The van der Waals surface area contributed by atoms with Crippen molar-refractivity contribution < 1.29 is 9.47 Å². The zero-order valence-electron chi connectivity index (χ0n) is 19.9. The zero-order chi connectivity index (χ0) is 24.0. The third kappa shape index (κ3) is 4.62. The van der Waals surface area contributed by atoms with Crippen molar-refractivity contribution in [3.05, 3.63) is 127 Å². The van der Waals surface area contributed by atoms with Crippen molar-refractivity contribution in [3.8, 4) is 33.8 Å². The normalized spacial score (nSPS) is 10.6. The standard InChI is InChI=1S/C32H27NO2/c1-34-27-21-26(22-28(23-27)35-2)33(31-19-11-9-17-29(31)24-13-5-3-6-14-24)32-20-12-10-18-30(32)25-15-7-4-8-16-25/h3-23H,1-2H3. The molecule has 0 bridgehead atoms. The molecule has 0 fully saturated rings. The first-order valence-electron chi connectivity index (χ1n) is 11.6. The number of rotatable bonds is 7. The second-order valence-electron chi connectivity index (χ2n) is 8.17. The van der Waals surface area contributed by atoms with E-state index in [2.05, 4.69) is 102 Å². The number of ether oxygens (including phenoxy) is 2. The third-order valence-corrected chi connectivity index (χ3v) is 6.05. The minimum atomic E-state index is 0.735. The highest BCUT2D eigenvalue weighted by molar-refractivity contribution is 5.93. The molecule has 0 N–H and O–H groups in total. The second-order valence-corrected chi connectivity index (χ2v) is 8.17. The molecule has 0 aliphatic rings. The van der Waals surface area contributed by atoms with E-state index in [1.54, 1.807) is 14.2 Å². The Balaban J connectivity index is 1.81. The van der Waals surface area contributed by atoms with Crippen LogP contribution in [-0.4, -0.2) is 14.2 Å². The molecule has 0 unspecified atom stereocenters. The highest BCUT2D eigenvalue weighted by atomic mass is 16.5. The Bertz CT molecular complexity index is 1310. The molecular formula is C32H27NO2. The van der Waals surface area contributed by atoms with Crippen LogP contribution < -0.4 is 14.4 Å². The number of benzene rings is 5. The minimum absolute atomic E-state index is 0.735. The van der Waals surface area contributed by atoms with Gasteiger partial charge < -0.3 is 14.4 Å². The smallest absolute Gasteiger partial charge is 0.124 e. The molecule has 3 heteroatoms. The van der Waals surface area contributed by atoms with Gasteiger partial charge in [0.15, 0.2) is 0 Å². The Labute approximate surface area is 206 Å². The summed E-state index contributed by atoms with van der Waals surface area (Å²) in [4.78, 5) is 2.29. The van der Waals surface area contributed by atoms with Gasteiger partial charge in [-0.25, -0.2) is 0 Å².